The van der Waals surface area contributed by atoms with Gasteiger partial charge >= 0.3 is 5.97 Å². The average Bonchev–Trinajstić information content (AvgIpc) is 3.21. The maximum Gasteiger partial charge on any atom is 0.303 e. The summed E-state index contributed by atoms with van der Waals surface area (Å²) in [7, 11) is -3.66. The lowest BCUT2D eigenvalue weighted by Gasteiger charge is -2.63. The first-order valence-corrected chi connectivity index (χ1v) is 15.9. The van der Waals surface area contributed by atoms with Gasteiger partial charge in [-0.05, 0) is 116 Å². The van der Waals surface area contributed by atoms with Gasteiger partial charge in [0, 0.05) is 12.5 Å². The Morgan fingerprint density at radius 2 is 1.70 bits per heavy atom. The van der Waals surface area contributed by atoms with Gasteiger partial charge in [-0.3, -0.25) is 4.79 Å². The van der Waals surface area contributed by atoms with Crippen LogP contribution in [0.1, 0.15) is 85.0 Å². The molecule has 7 heteroatoms. The van der Waals surface area contributed by atoms with Gasteiger partial charge in [-0.25, -0.2) is 13.1 Å². The number of rotatable bonds is 7. The van der Waals surface area contributed by atoms with Crippen LogP contribution in [0.4, 0.5) is 0 Å². The van der Waals surface area contributed by atoms with Gasteiger partial charge < -0.3 is 10.2 Å². The maximum atomic E-state index is 13.6. The first-order valence-electron chi connectivity index (χ1n) is 14.4. The molecule has 1 aromatic carbocycles. The summed E-state index contributed by atoms with van der Waals surface area (Å²) in [6, 6.07) is 8.56. The zero-order chi connectivity index (χ0) is 26.6. The lowest BCUT2D eigenvalue weighted by Crippen LogP contribution is -2.62. The van der Waals surface area contributed by atoms with Crippen LogP contribution in [0.2, 0.25) is 0 Å². The van der Waals surface area contributed by atoms with Gasteiger partial charge in [-0.15, -0.1) is 0 Å². The van der Waals surface area contributed by atoms with Gasteiger partial charge in [0.2, 0.25) is 10.0 Å². The normalized spacial score (nSPS) is 42.3. The number of benzene rings is 1. The summed E-state index contributed by atoms with van der Waals surface area (Å²) in [5, 5.41) is 19.8. The Labute approximate surface area is 222 Å². The highest BCUT2D eigenvalue weighted by molar-refractivity contribution is 7.89. The van der Waals surface area contributed by atoms with Crippen molar-refractivity contribution in [3.8, 4) is 0 Å². The second-order valence-corrected chi connectivity index (χ2v) is 15.0. The third-order valence-corrected chi connectivity index (χ3v) is 13.1. The van der Waals surface area contributed by atoms with Crippen molar-refractivity contribution in [3.63, 3.8) is 0 Å². The summed E-state index contributed by atoms with van der Waals surface area (Å²) in [6.45, 7) is 7.07. The van der Waals surface area contributed by atoms with Crippen LogP contribution in [0.3, 0.4) is 0 Å². The van der Waals surface area contributed by atoms with Gasteiger partial charge in [-0.2, -0.15) is 0 Å². The van der Waals surface area contributed by atoms with Gasteiger partial charge in [-0.1, -0.05) is 39.0 Å². The smallest absolute Gasteiger partial charge is 0.303 e. The van der Waals surface area contributed by atoms with Gasteiger partial charge in [0.05, 0.1) is 11.0 Å². The highest BCUT2D eigenvalue weighted by Gasteiger charge is 2.63. The molecular weight excluding hydrogens is 486 g/mol. The third kappa shape index (κ3) is 4.78. The van der Waals surface area contributed by atoms with Gasteiger partial charge in [0.1, 0.15) is 0 Å². The predicted molar refractivity (Wildman–Crippen MR) is 143 cm³/mol. The zero-order valence-corrected chi connectivity index (χ0v) is 23.4. The van der Waals surface area contributed by atoms with Crippen LogP contribution in [-0.4, -0.2) is 36.7 Å². The molecule has 4 saturated carbocycles. The Balaban J connectivity index is 1.48. The van der Waals surface area contributed by atoms with E-state index in [1.807, 2.05) is 6.07 Å². The number of carboxylic acids is 1. The summed E-state index contributed by atoms with van der Waals surface area (Å²) in [5.74, 6) is 1.55. The topological polar surface area (TPSA) is 104 Å². The second kappa shape index (κ2) is 9.95. The molecule has 0 amide bonds. The lowest BCUT2D eigenvalue weighted by molar-refractivity contribution is -0.140. The predicted octanol–water partition coefficient (Wildman–Crippen LogP) is 5.46. The number of hydrogen-bond donors (Lipinski definition) is 3. The lowest BCUT2D eigenvalue weighted by atomic mass is 9.43. The van der Waals surface area contributed by atoms with E-state index in [2.05, 4.69) is 25.5 Å². The number of hydrogen-bond acceptors (Lipinski definition) is 4. The van der Waals surface area contributed by atoms with Crippen LogP contribution >= 0.6 is 0 Å². The first-order chi connectivity index (χ1) is 17.5. The fourth-order valence-electron chi connectivity index (χ4n) is 9.76. The van der Waals surface area contributed by atoms with E-state index in [4.69, 9.17) is 0 Å². The number of sulfonamides is 1. The summed E-state index contributed by atoms with van der Waals surface area (Å²) in [4.78, 5) is 11.6. The molecule has 10 atom stereocenters. The van der Waals surface area contributed by atoms with Gasteiger partial charge in [0.25, 0.3) is 0 Å². The molecule has 206 valence electrons. The molecule has 0 aliphatic heterocycles. The van der Waals surface area contributed by atoms with E-state index >= 15 is 0 Å². The molecule has 5 rings (SSSR count). The van der Waals surface area contributed by atoms with Crippen molar-refractivity contribution >= 4 is 16.0 Å². The molecule has 37 heavy (non-hydrogen) atoms. The number of nitrogens with one attached hydrogen (secondary N) is 1. The number of aliphatic carboxylic acids is 1. The Morgan fingerprint density at radius 3 is 2.41 bits per heavy atom. The van der Waals surface area contributed by atoms with E-state index in [1.54, 1.807) is 24.3 Å². The fourth-order valence-corrected chi connectivity index (χ4v) is 11.1. The minimum atomic E-state index is -3.66. The molecule has 3 N–H and O–H groups in total. The second-order valence-electron chi connectivity index (χ2n) is 13.3. The van der Waals surface area contributed by atoms with Crippen molar-refractivity contribution in [2.45, 2.75) is 102 Å². The summed E-state index contributed by atoms with van der Waals surface area (Å²) in [5.41, 5.74) is 0.236. The minimum absolute atomic E-state index is 0.104. The Kier molecular flexibility index (Phi) is 7.29. The fraction of sp³-hybridized carbons (Fsp3) is 0.767. The molecule has 0 saturated heterocycles. The molecular formula is C30H45NO5S. The average molecular weight is 532 g/mol. The SMILES string of the molecule is C[C@H](CCC(=O)O)[C@H]1CC[C@H]2[C@@H]3[C@@H](NS(=O)(=O)c4ccccc4)C[C@@H]4C[C@H](O)CC[C@]4(C)[C@H]3CC[C@]12C. The third-order valence-electron chi connectivity index (χ3n) is 11.6. The molecule has 4 aliphatic carbocycles. The highest BCUT2D eigenvalue weighted by atomic mass is 32.2. The van der Waals surface area contributed by atoms with Crippen molar-refractivity contribution in [2.24, 2.45) is 46.3 Å². The summed E-state index contributed by atoms with van der Waals surface area (Å²) >= 11 is 0. The number of aliphatic hydroxyl groups excluding tert-OH is 1. The summed E-state index contributed by atoms with van der Waals surface area (Å²) in [6.07, 6.45) is 8.44. The highest BCUT2D eigenvalue weighted by Crippen LogP contribution is 2.68. The number of fused-ring (bicyclic) bond motifs is 5. The molecule has 6 nitrogen and oxygen atoms in total. The van der Waals surface area contributed by atoms with Crippen LogP contribution in [-0.2, 0) is 14.8 Å². The zero-order valence-electron chi connectivity index (χ0n) is 22.6. The Bertz CT molecular complexity index is 1090. The van der Waals surface area contributed by atoms with Crippen molar-refractivity contribution in [1.29, 1.82) is 0 Å². The minimum Gasteiger partial charge on any atom is -0.481 e. The summed E-state index contributed by atoms with van der Waals surface area (Å²) < 4.78 is 30.3. The molecule has 0 bridgehead atoms. The van der Waals surface area contributed by atoms with Crippen molar-refractivity contribution in [1.82, 2.24) is 4.72 Å². The first kappa shape index (κ1) is 27.1. The van der Waals surface area contributed by atoms with Gasteiger partial charge in [0.15, 0.2) is 0 Å². The number of carboxylic acid groups (broad SMARTS) is 1. The molecule has 1 aromatic rings. The standard InChI is InChI=1S/C30H45NO5S/c1-19(9-12-27(33)34)23-10-11-24-28-25(14-16-30(23,24)3)29(2)15-13-21(32)17-20(29)18-26(28)31-37(35,36)22-7-5-4-6-8-22/h4-8,19-21,23-26,28,31-32H,9-18H2,1-3H3,(H,33,34)/t19-,20+,21-,23-,24+,25+,26+,28+,29+,30-/m1/s1. The Morgan fingerprint density at radius 1 is 1.03 bits per heavy atom. The molecule has 0 aromatic heterocycles. The molecule has 0 unspecified atom stereocenters. The monoisotopic (exact) mass is 531 g/mol. The number of aliphatic hydroxyl groups is 1. The molecule has 0 radical (unpaired) electrons. The van der Waals surface area contributed by atoms with Crippen molar-refractivity contribution in [3.05, 3.63) is 30.3 Å². The number of carbonyl (C=O) groups is 1. The van der Waals surface area contributed by atoms with Crippen LogP contribution in [0, 0.1) is 46.3 Å². The van der Waals surface area contributed by atoms with E-state index in [9.17, 15) is 23.4 Å². The maximum absolute atomic E-state index is 13.6. The van der Waals surface area contributed by atoms with Crippen molar-refractivity contribution in [2.75, 3.05) is 0 Å². The van der Waals surface area contributed by atoms with E-state index in [0.29, 0.717) is 40.9 Å². The van der Waals surface area contributed by atoms with Crippen LogP contribution < -0.4 is 4.72 Å². The Hall–Kier alpha value is -1.44. The largest absolute Gasteiger partial charge is 0.481 e. The molecule has 0 spiro atoms. The molecule has 0 heterocycles. The van der Waals surface area contributed by atoms with Crippen LogP contribution in [0.15, 0.2) is 35.2 Å². The molecule has 4 fully saturated rings. The van der Waals surface area contributed by atoms with E-state index in [-0.39, 0.29) is 35.3 Å². The van der Waals surface area contributed by atoms with E-state index in [1.165, 1.54) is 0 Å². The van der Waals surface area contributed by atoms with Crippen LogP contribution in [0.5, 0.6) is 0 Å². The molecule has 4 aliphatic rings. The van der Waals surface area contributed by atoms with Crippen LogP contribution in [0.25, 0.3) is 0 Å². The van der Waals surface area contributed by atoms with E-state index < -0.39 is 16.0 Å². The quantitative estimate of drug-likeness (QED) is 0.433. The van der Waals surface area contributed by atoms with E-state index in [0.717, 1.165) is 51.4 Å². The van der Waals surface area contributed by atoms with Crippen molar-refractivity contribution < 1.29 is 23.4 Å².